The topological polar surface area (TPSA) is 104 Å². The van der Waals surface area contributed by atoms with E-state index < -0.39 is 24.7 Å². The monoisotopic (exact) mass is 188 g/mol. The third kappa shape index (κ3) is 4.63. The predicted octanol–water partition coefficient (Wildman–Crippen LogP) is -0.261. The van der Waals surface area contributed by atoms with Gasteiger partial charge in [0.2, 0.25) is 0 Å². The zero-order chi connectivity index (χ0) is 9.07. The molecule has 0 aromatic carbocycles. The van der Waals surface area contributed by atoms with Gasteiger partial charge in [-0.3, -0.25) is 4.79 Å². The van der Waals surface area contributed by atoms with E-state index in [2.05, 4.69) is 10.5 Å². The van der Waals surface area contributed by atoms with Gasteiger partial charge in [-0.05, 0) is 0 Å². The molecule has 0 aliphatic heterocycles. The van der Waals surface area contributed by atoms with Crippen LogP contribution in [0.1, 0.15) is 0 Å². The molecule has 8 heteroatoms. The van der Waals surface area contributed by atoms with Crippen LogP contribution in [-0.4, -0.2) is 24.7 Å². The van der Waals surface area contributed by atoms with E-state index in [1.54, 1.807) is 0 Å². The van der Waals surface area contributed by atoms with Gasteiger partial charge in [-0.1, -0.05) is 0 Å². The van der Waals surface area contributed by atoms with Crippen molar-refractivity contribution in [2.24, 2.45) is 5.73 Å². The summed E-state index contributed by atoms with van der Waals surface area (Å²) in [6, 6.07) is 0. The maximum atomic E-state index is 11.3. The van der Waals surface area contributed by atoms with Crippen LogP contribution in [0.4, 0.5) is 13.2 Å². The second-order valence-electron chi connectivity index (χ2n) is 1.46. The molecule has 0 aromatic rings. The lowest BCUT2D eigenvalue weighted by atomic mass is 10.6. The number of halogens is 3. The van der Waals surface area contributed by atoms with Crippen LogP contribution in [0.25, 0.3) is 0 Å². The van der Waals surface area contributed by atoms with Gasteiger partial charge in [-0.15, -0.1) is 0 Å². The summed E-state index contributed by atoms with van der Waals surface area (Å²) in [5, 5.41) is 0. The van der Waals surface area contributed by atoms with Crippen LogP contribution < -0.4 is 11.9 Å². The molecule has 0 rings (SSSR count). The first-order chi connectivity index (χ1) is 4.88. The van der Waals surface area contributed by atoms with Crippen molar-refractivity contribution in [2.45, 2.75) is 6.18 Å². The number of hydrogen-bond acceptors (Lipinski definition) is 5. The lowest BCUT2D eigenvalue weighted by Crippen LogP contribution is -2.30. The first-order valence-electron chi connectivity index (χ1n) is 2.40. The van der Waals surface area contributed by atoms with Crippen molar-refractivity contribution < 1.29 is 27.5 Å². The van der Waals surface area contributed by atoms with E-state index in [9.17, 15) is 22.8 Å². The number of carbonyl (C=O) groups is 2. The van der Waals surface area contributed by atoms with Gasteiger partial charge in [0, 0.05) is 0 Å². The first kappa shape index (κ1) is 13.4. The molecule has 12 heavy (non-hydrogen) atoms. The number of rotatable bonds is 1. The molecule has 5 N–H and O–H groups in total. The van der Waals surface area contributed by atoms with Crippen molar-refractivity contribution >= 4 is 11.9 Å². The Morgan fingerprint density at radius 3 is 2.00 bits per heavy atom. The van der Waals surface area contributed by atoms with Gasteiger partial charge < -0.3 is 16.6 Å². The van der Waals surface area contributed by atoms with Crippen molar-refractivity contribution in [3.8, 4) is 0 Å². The number of ether oxygens (including phenoxy) is 1. The molecule has 0 bridgehead atoms. The number of esters is 2. The Kier molecular flexibility index (Phi) is 5.23. The third-order valence-corrected chi connectivity index (χ3v) is 0.605. The lowest BCUT2D eigenvalue weighted by molar-refractivity contribution is -0.201. The summed E-state index contributed by atoms with van der Waals surface area (Å²) < 4.78 is 37.1. The minimum Gasteiger partial charge on any atom is -0.385 e. The van der Waals surface area contributed by atoms with Crippen LogP contribution >= 0.6 is 0 Å². The summed E-state index contributed by atoms with van der Waals surface area (Å²) in [7, 11) is 0. The maximum absolute atomic E-state index is 11.3. The zero-order valence-electron chi connectivity index (χ0n) is 5.85. The largest absolute Gasteiger partial charge is 0.491 e. The highest BCUT2D eigenvalue weighted by Gasteiger charge is 2.42. The second kappa shape index (κ2) is 4.67. The van der Waals surface area contributed by atoms with Crippen LogP contribution in [-0.2, 0) is 14.3 Å². The van der Waals surface area contributed by atoms with Gasteiger partial charge in [0.25, 0.3) is 0 Å². The maximum Gasteiger partial charge on any atom is 0.491 e. The van der Waals surface area contributed by atoms with E-state index >= 15 is 0 Å². The molecule has 0 radical (unpaired) electrons. The summed E-state index contributed by atoms with van der Waals surface area (Å²) in [5.74, 6) is -3.96. The van der Waals surface area contributed by atoms with Crippen molar-refractivity contribution in [1.82, 2.24) is 6.15 Å². The average Bonchev–Trinajstić information content (AvgIpc) is 1.85. The highest BCUT2D eigenvalue weighted by atomic mass is 19.4. The van der Waals surface area contributed by atoms with Gasteiger partial charge in [-0.2, -0.15) is 13.2 Å². The van der Waals surface area contributed by atoms with Gasteiger partial charge in [0.05, 0.1) is 6.54 Å². The second-order valence-corrected chi connectivity index (χ2v) is 1.46. The van der Waals surface area contributed by atoms with Crippen LogP contribution in [0.2, 0.25) is 0 Å². The molecule has 0 fully saturated rings. The molecular formula is C4H7F3N2O3. The summed E-state index contributed by atoms with van der Waals surface area (Å²) in [5.41, 5.74) is 4.57. The average molecular weight is 188 g/mol. The molecule has 0 unspecified atom stereocenters. The Labute approximate surface area is 65.2 Å². The summed E-state index contributed by atoms with van der Waals surface area (Å²) in [6.45, 7) is -0.762. The predicted molar refractivity (Wildman–Crippen MR) is 31.2 cm³/mol. The van der Waals surface area contributed by atoms with Crippen molar-refractivity contribution in [3.63, 3.8) is 0 Å². The molecule has 0 amide bonds. The van der Waals surface area contributed by atoms with E-state index in [0.717, 1.165) is 0 Å². The summed E-state index contributed by atoms with van der Waals surface area (Å²) in [4.78, 5) is 19.8. The quantitative estimate of drug-likeness (QED) is 0.435. The smallest absolute Gasteiger partial charge is 0.385 e. The van der Waals surface area contributed by atoms with E-state index in [4.69, 9.17) is 0 Å². The Bertz CT molecular complexity index is 179. The van der Waals surface area contributed by atoms with Gasteiger partial charge in [-0.25, -0.2) is 4.79 Å². The SMILES string of the molecule is N.NCC(=O)OC(=O)C(F)(F)F. The molecule has 0 saturated heterocycles. The normalized spacial score (nSPS) is 10.0. The minimum absolute atomic E-state index is 0. The van der Waals surface area contributed by atoms with Gasteiger partial charge >= 0.3 is 18.1 Å². The molecule has 72 valence electrons. The molecule has 0 heterocycles. The number of carbonyl (C=O) groups excluding carboxylic acids is 2. The van der Waals surface area contributed by atoms with Crippen LogP contribution in [0.15, 0.2) is 0 Å². The first-order valence-corrected chi connectivity index (χ1v) is 2.40. The highest BCUT2D eigenvalue weighted by molar-refractivity contribution is 5.89. The Morgan fingerprint density at radius 2 is 1.75 bits per heavy atom. The number of hydrogen-bond donors (Lipinski definition) is 2. The van der Waals surface area contributed by atoms with Gasteiger partial charge in [0.1, 0.15) is 0 Å². The van der Waals surface area contributed by atoms with Gasteiger partial charge in [0.15, 0.2) is 0 Å². The lowest BCUT2D eigenvalue weighted by Gasteiger charge is -2.03. The van der Waals surface area contributed by atoms with E-state index in [1.165, 1.54) is 0 Å². The van der Waals surface area contributed by atoms with Crippen LogP contribution in [0.3, 0.4) is 0 Å². The fourth-order valence-corrected chi connectivity index (χ4v) is 0.203. The molecule has 0 aliphatic carbocycles. The molecule has 0 spiro atoms. The van der Waals surface area contributed by atoms with Crippen LogP contribution in [0, 0.1) is 0 Å². The third-order valence-electron chi connectivity index (χ3n) is 0.605. The Hall–Kier alpha value is -1.15. The van der Waals surface area contributed by atoms with Crippen molar-refractivity contribution in [3.05, 3.63) is 0 Å². The van der Waals surface area contributed by atoms with E-state index in [-0.39, 0.29) is 6.15 Å². The standard InChI is InChI=1S/C4H4F3NO3.H3N/c5-4(6,7)3(10)11-2(9)1-8;/h1,8H2;1H3. The van der Waals surface area contributed by atoms with Crippen molar-refractivity contribution in [1.29, 1.82) is 0 Å². The van der Waals surface area contributed by atoms with E-state index in [0.29, 0.717) is 0 Å². The Balaban J connectivity index is 0. The minimum atomic E-state index is -5.15. The molecule has 5 nitrogen and oxygen atoms in total. The molecule has 0 aliphatic rings. The fraction of sp³-hybridized carbons (Fsp3) is 0.500. The van der Waals surface area contributed by atoms with Crippen LogP contribution in [0.5, 0.6) is 0 Å². The number of alkyl halides is 3. The summed E-state index contributed by atoms with van der Waals surface area (Å²) in [6.07, 6.45) is -5.15. The molecular weight excluding hydrogens is 181 g/mol. The molecule has 0 atom stereocenters. The zero-order valence-corrected chi connectivity index (χ0v) is 5.85. The highest BCUT2D eigenvalue weighted by Crippen LogP contribution is 2.16. The number of nitrogens with two attached hydrogens (primary N) is 1. The molecule has 0 aromatic heterocycles. The fourth-order valence-electron chi connectivity index (χ4n) is 0.203. The van der Waals surface area contributed by atoms with E-state index in [1.807, 2.05) is 0 Å². The molecule has 0 saturated carbocycles. The Morgan fingerprint density at radius 1 is 1.33 bits per heavy atom. The summed E-state index contributed by atoms with van der Waals surface area (Å²) >= 11 is 0. The van der Waals surface area contributed by atoms with Crippen molar-refractivity contribution in [2.75, 3.05) is 6.54 Å².